The highest BCUT2D eigenvalue weighted by molar-refractivity contribution is 5.23. The van der Waals surface area contributed by atoms with Gasteiger partial charge in [0.25, 0.3) is 0 Å². The van der Waals surface area contributed by atoms with E-state index in [0.29, 0.717) is 0 Å². The smallest absolute Gasteiger partial charge is 0.0997 e. The number of unbranched alkanes of at least 4 members (excludes halogenated alkanes) is 9. The maximum Gasteiger partial charge on any atom is 0.0997 e. The number of nitrogens with one attached hydrogen (secondary N) is 2. The molecule has 0 aliphatic heterocycles. The van der Waals surface area contributed by atoms with Crippen molar-refractivity contribution in [2.45, 2.75) is 84.1 Å². The summed E-state index contributed by atoms with van der Waals surface area (Å²) in [6, 6.07) is 10.4. The molecule has 0 atom stereocenters. The second-order valence-corrected chi connectivity index (χ2v) is 7.24. The third-order valence-corrected chi connectivity index (χ3v) is 4.92. The summed E-state index contributed by atoms with van der Waals surface area (Å²) in [5.74, 6) is 0. The van der Waals surface area contributed by atoms with Crippen LogP contribution in [0.5, 0.6) is 0 Å². The topological polar surface area (TPSA) is 53.6 Å². The lowest BCUT2D eigenvalue weighted by Gasteiger charge is -2.05. The third kappa shape index (κ3) is 8.61. The van der Waals surface area contributed by atoms with Crippen LogP contribution >= 0.6 is 0 Å². The van der Waals surface area contributed by atoms with E-state index in [1.54, 1.807) is 0 Å². The molecule has 0 radical (unpaired) electrons. The fourth-order valence-corrected chi connectivity index (χ4v) is 3.29. The van der Waals surface area contributed by atoms with Gasteiger partial charge in [0.05, 0.1) is 11.4 Å². The molecule has 2 aromatic rings. The highest BCUT2D eigenvalue weighted by Crippen LogP contribution is 2.11. The predicted octanol–water partition coefficient (Wildman–Crippen LogP) is 5.41. The molecule has 2 rings (SSSR count). The normalized spacial score (nSPS) is 11.1. The van der Waals surface area contributed by atoms with Crippen LogP contribution in [0.15, 0.2) is 30.3 Å². The maximum absolute atomic E-state index is 4.31. The van der Waals surface area contributed by atoms with Crippen LogP contribution in [-0.4, -0.2) is 22.0 Å². The summed E-state index contributed by atoms with van der Waals surface area (Å²) in [7, 11) is 0. The number of rotatable bonds is 15. The molecule has 0 bridgehead atoms. The zero-order valence-electron chi connectivity index (χ0n) is 16.5. The minimum absolute atomic E-state index is 0.802. The molecule has 0 amide bonds. The maximum atomic E-state index is 4.31. The van der Waals surface area contributed by atoms with Gasteiger partial charge in [0.1, 0.15) is 0 Å². The Balaban J connectivity index is 1.48. The van der Waals surface area contributed by atoms with Crippen molar-refractivity contribution in [2.75, 3.05) is 6.54 Å². The fraction of sp³-hybridized carbons (Fsp3) is 0.636. The lowest BCUT2D eigenvalue weighted by atomic mass is 10.1. The molecular formula is C22H36N4. The van der Waals surface area contributed by atoms with E-state index in [4.69, 9.17) is 0 Å². The molecule has 2 N–H and O–H groups in total. The monoisotopic (exact) mass is 356 g/mol. The molecule has 1 aromatic heterocycles. The first-order chi connectivity index (χ1) is 12.9. The molecule has 4 heteroatoms. The SMILES string of the molecule is CCCCCCCCCCCCNCc1n[nH]nc1Cc1ccccc1. The summed E-state index contributed by atoms with van der Waals surface area (Å²) in [6.45, 7) is 4.14. The number of benzene rings is 1. The molecule has 0 saturated heterocycles. The summed E-state index contributed by atoms with van der Waals surface area (Å²) in [6.07, 6.45) is 14.6. The molecule has 144 valence electrons. The highest BCUT2D eigenvalue weighted by Gasteiger charge is 2.08. The number of aromatic nitrogens is 3. The van der Waals surface area contributed by atoms with Gasteiger partial charge in [-0.05, 0) is 18.5 Å². The zero-order valence-corrected chi connectivity index (χ0v) is 16.5. The fourth-order valence-electron chi connectivity index (χ4n) is 3.29. The Bertz CT molecular complexity index is 565. The first-order valence-electron chi connectivity index (χ1n) is 10.5. The van der Waals surface area contributed by atoms with Crippen LogP contribution in [0.2, 0.25) is 0 Å². The Hall–Kier alpha value is -1.68. The van der Waals surface area contributed by atoms with Crippen LogP contribution in [-0.2, 0) is 13.0 Å². The van der Waals surface area contributed by atoms with Gasteiger partial charge < -0.3 is 5.32 Å². The average molecular weight is 357 g/mol. The summed E-state index contributed by atoms with van der Waals surface area (Å²) >= 11 is 0. The van der Waals surface area contributed by atoms with Crippen molar-refractivity contribution in [2.24, 2.45) is 0 Å². The van der Waals surface area contributed by atoms with E-state index in [-0.39, 0.29) is 0 Å². The second kappa shape index (κ2) is 13.5. The van der Waals surface area contributed by atoms with E-state index in [1.165, 1.54) is 69.8 Å². The van der Waals surface area contributed by atoms with Crippen LogP contribution in [0.25, 0.3) is 0 Å². The van der Waals surface area contributed by atoms with Gasteiger partial charge in [-0.1, -0.05) is 95.0 Å². The molecule has 1 heterocycles. The Morgan fingerprint density at radius 3 is 2.08 bits per heavy atom. The lowest BCUT2D eigenvalue weighted by Crippen LogP contribution is -2.16. The molecule has 26 heavy (non-hydrogen) atoms. The van der Waals surface area contributed by atoms with Gasteiger partial charge in [0, 0.05) is 13.0 Å². The quantitative estimate of drug-likeness (QED) is 0.420. The van der Waals surface area contributed by atoms with Gasteiger partial charge in [-0.3, -0.25) is 0 Å². The molecule has 0 unspecified atom stereocenters. The number of H-pyrrole nitrogens is 1. The van der Waals surface area contributed by atoms with Gasteiger partial charge >= 0.3 is 0 Å². The van der Waals surface area contributed by atoms with E-state index in [0.717, 1.165) is 30.9 Å². The number of hydrogen-bond acceptors (Lipinski definition) is 3. The first kappa shape index (κ1) is 20.6. The van der Waals surface area contributed by atoms with Gasteiger partial charge in [-0.15, -0.1) is 0 Å². The molecule has 0 fully saturated rings. The predicted molar refractivity (Wildman–Crippen MR) is 109 cm³/mol. The average Bonchev–Trinajstić information content (AvgIpc) is 3.10. The zero-order chi connectivity index (χ0) is 18.3. The van der Waals surface area contributed by atoms with Crippen molar-refractivity contribution >= 4 is 0 Å². The van der Waals surface area contributed by atoms with E-state index in [2.05, 4.69) is 51.9 Å². The van der Waals surface area contributed by atoms with Crippen molar-refractivity contribution in [1.29, 1.82) is 0 Å². The van der Waals surface area contributed by atoms with Crippen molar-refractivity contribution in [1.82, 2.24) is 20.7 Å². The Morgan fingerprint density at radius 2 is 1.38 bits per heavy atom. The van der Waals surface area contributed by atoms with E-state index in [1.807, 2.05) is 6.07 Å². The summed E-state index contributed by atoms with van der Waals surface area (Å²) in [5, 5.41) is 14.9. The number of hydrogen-bond donors (Lipinski definition) is 2. The summed E-state index contributed by atoms with van der Waals surface area (Å²) in [4.78, 5) is 0. The van der Waals surface area contributed by atoms with E-state index >= 15 is 0 Å². The third-order valence-electron chi connectivity index (χ3n) is 4.92. The van der Waals surface area contributed by atoms with Crippen molar-refractivity contribution in [3.8, 4) is 0 Å². The van der Waals surface area contributed by atoms with Crippen molar-refractivity contribution in [3.05, 3.63) is 47.3 Å². The van der Waals surface area contributed by atoms with E-state index in [9.17, 15) is 0 Å². The standard InChI is InChI=1S/C22H36N4/c1-2-3-4-5-6-7-8-9-10-14-17-23-19-22-21(24-26-25-22)18-20-15-12-11-13-16-20/h11-13,15-16,23H,2-10,14,17-19H2,1H3,(H,24,25,26). The summed E-state index contributed by atoms with van der Waals surface area (Å²) < 4.78 is 0. The van der Waals surface area contributed by atoms with Crippen molar-refractivity contribution in [3.63, 3.8) is 0 Å². The lowest BCUT2D eigenvalue weighted by molar-refractivity contribution is 0.542. The van der Waals surface area contributed by atoms with Crippen LogP contribution in [0.3, 0.4) is 0 Å². The van der Waals surface area contributed by atoms with Gasteiger partial charge in [-0.2, -0.15) is 15.4 Å². The minimum atomic E-state index is 0.802. The minimum Gasteiger partial charge on any atom is -0.311 e. The molecule has 0 aliphatic carbocycles. The Morgan fingerprint density at radius 1 is 0.769 bits per heavy atom. The molecule has 1 aromatic carbocycles. The molecular weight excluding hydrogens is 320 g/mol. The second-order valence-electron chi connectivity index (χ2n) is 7.24. The highest BCUT2D eigenvalue weighted by atomic mass is 15.3. The van der Waals surface area contributed by atoms with Crippen LogP contribution in [0, 0.1) is 0 Å². The van der Waals surface area contributed by atoms with E-state index < -0.39 is 0 Å². The molecule has 0 spiro atoms. The number of nitrogens with zero attached hydrogens (tertiary/aromatic N) is 2. The molecule has 4 nitrogen and oxygen atoms in total. The van der Waals surface area contributed by atoms with Gasteiger partial charge in [0.15, 0.2) is 0 Å². The Kier molecular flexibility index (Phi) is 10.7. The van der Waals surface area contributed by atoms with Crippen molar-refractivity contribution < 1.29 is 0 Å². The van der Waals surface area contributed by atoms with Gasteiger partial charge in [0.2, 0.25) is 0 Å². The van der Waals surface area contributed by atoms with Gasteiger partial charge in [-0.25, -0.2) is 0 Å². The van der Waals surface area contributed by atoms with Crippen LogP contribution < -0.4 is 5.32 Å². The molecule has 0 saturated carbocycles. The number of aromatic amines is 1. The first-order valence-corrected chi connectivity index (χ1v) is 10.5. The largest absolute Gasteiger partial charge is 0.311 e. The Labute approximate surface area is 159 Å². The molecule has 0 aliphatic rings. The van der Waals surface area contributed by atoms with Crippen LogP contribution in [0.1, 0.15) is 88.1 Å². The van der Waals surface area contributed by atoms with Crippen LogP contribution in [0.4, 0.5) is 0 Å². The summed E-state index contributed by atoms with van der Waals surface area (Å²) in [5.41, 5.74) is 3.37.